The van der Waals surface area contributed by atoms with Crippen molar-refractivity contribution in [2.45, 2.75) is 25.6 Å². The van der Waals surface area contributed by atoms with E-state index in [2.05, 4.69) is 10.0 Å². The predicted molar refractivity (Wildman–Crippen MR) is 65.5 cm³/mol. The Labute approximate surface area is 105 Å². The number of hydrogen-bond acceptors (Lipinski definition) is 4. The van der Waals surface area contributed by atoms with Crippen molar-refractivity contribution >= 4 is 0 Å². The first-order valence-corrected chi connectivity index (χ1v) is 5.47. The summed E-state index contributed by atoms with van der Waals surface area (Å²) in [6.45, 7) is 1.92. The Kier molecular flexibility index (Phi) is 5.15. The van der Waals surface area contributed by atoms with Gasteiger partial charge in [-0.3, -0.25) is 0 Å². The van der Waals surface area contributed by atoms with Gasteiger partial charge in [-0.05, 0) is 36.1 Å². The van der Waals surface area contributed by atoms with Crippen molar-refractivity contribution < 1.29 is 10.2 Å². The van der Waals surface area contributed by atoms with Crippen molar-refractivity contribution in [3.05, 3.63) is 45.3 Å². The van der Waals surface area contributed by atoms with Crippen LogP contribution in [0.1, 0.15) is 29.2 Å². The van der Waals surface area contributed by atoms with Crippen LogP contribution in [0.2, 0.25) is 0 Å². The third kappa shape index (κ3) is 3.47. The van der Waals surface area contributed by atoms with Gasteiger partial charge in [-0.2, -0.15) is 5.26 Å². The molecule has 0 bridgehead atoms. The second kappa shape index (κ2) is 6.62. The van der Waals surface area contributed by atoms with Crippen LogP contribution in [-0.2, 0) is 0 Å². The molecule has 0 spiro atoms. The number of benzene rings is 1. The van der Waals surface area contributed by atoms with Crippen molar-refractivity contribution in [3.63, 3.8) is 0 Å². The number of aliphatic hydroxyl groups is 2. The summed E-state index contributed by atoms with van der Waals surface area (Å²) in [6.07, 6.45) is -1.95. The minimum absolute atomic E-state index is 0.117. The minimum atomic E-state index is -1.09. The summed E-state index contributed by atoms with van der Waals surface area (Å²) in [5.74, 6) is 0. The van der Waals surface area contributed by atoms with E-state index in [1.54, 1.807) is 25.1 Å². The Morgan fingerprint density at radius 1 is 1.50 bits per heavy atom. The fourth-order valence-electron chi connectivity index (χ4n) is 1.56. The van der Waals surface area contributed by atoms with E-state index in [0.717, 1.165) is 5.56 Å². The molecule has 1 aromatic carbocycles. The third-order valence-corrected chi connectivity index (χ3v) is 2.68. The van der Waals surface area contributed by atoms with E-state index in [-0.39, 0.29) is 13.0 Å². The Morgan fingerprint density at radius 3 is 2.83 bits per heavy atom. The molecule has 1 rings (SSSR count). The first-order chi connectivity index (χ1) is 8.60. The van der Waals surface area contributed by atoms with Gasteiger partial charge in [-0.15, -0.1) is 0 Å². The maximum absolute atomic E-state index is 9.91. The first-order valence-electron chi connectivity index (χ1n) is 5.47. The molecule has 2 atom stereocenters. The fourth-order valence-corrected chi connectivity index (χ4v) is 1.56. The van der Waals surface area contributed by atoms with E-state index in [4.69, 9.17) is 10.8 Å². The van der Waals surface area contributed by atoms with E-state index in [9.17, 15) is 10.2 Å². The number of azide groups is 1. The summed E-state index contributed by atoms with van der Waals surface area (Å²) in [7, 11) is 0. The van der Waals surface area contributed by atoms with Crippen LogP contribution in [0, 0.1) is 18.3 Å². The van der Waals surface area contributed by atoms with Crippen molar-refractivity contribution in [2.75, 3.05) is 6.54 Å². The second-order valence-corrected chi connectivity index (χ2v) is 3.94. The molecule has 2 N–H and O–H groups in total. The Morgan fingerprint density at radius 2 is 2.22 bits per heavy atom. The predicted octanol–water partition coefficient (Wildman–Crippen LogP) is 1.96. The van der Waals surface area contributed by atoms with Gasteiger partial charge in [0, 0.05) is 11.5 Å². The number of aliphatic hydroxyl groups excluding tert-OH is 2. The molecule has 6 nitrogen and oxygen atoms in total. The molecule has 0 aliphatic carbocycles. The molecule has 0 saturated carbocycles. The molecule has 0 fully saturated rings. The van der Waals surface area contributed by atoms with Crippen molar-refractivity contribution in [3.8, 4) is 6.07 Å². The lowest BCUT2D eigenvalue weighted by Gasteiger charge is -2.17. The monoisotopic (exact) mass is 246 g/mol. The molecule has 1 aromatic rings. The normalized spacial score (nSPS) is 13.2. The molecule has 0 saturated heterocycles. The van der Waals surface area contributed by atoms with E-state index in [1.165, 1.54) is 0 Å². The van der Waals surface area contributed by atoms with E-state index >= 15 is 0 Å². The van der Waals surface area contributed by atoms with Gasteiger partial charge >= 0.3 is 0 Å². The molecule has 0 aliphatic rings. The van der Waals surface area contributed by atoms with Crippen LogP contribution in [0.15, 0.2) is 23.3 Å². The number of aryl methyl sites for hydroxylation is 1. The minimum Gasteiger partial charge on any atom is -0.390 e. The highest BCUT2D eigenvalue weighted by molar-refractivity contribution is 5.40. The van der Waals surface area contributed by atoms with Gasteiger partial charge < -0.3 is 10.2 Å². The number of rotatable bonds is 5. The topological polar surface area (TPSA) is 113 Å². The molecule has 2 unspecified atom stereocenters. The SMILES string of the molecule is Cc1ccc(C(O)C(O)CCN=[N+]=[N-])cc1C#N. The van der Waals surface area contributed by atoms with Crippen molar-refractivity contribution in [1.29, 1.82) is 5.26 Å². The fraction of sp³-hybridized carbons (Fsp3) is 0.417. The number of hydrogen-bond donors (Lipinski definition) is 2. The van der Waals surface area contributed by atoms with E-state index < -0.39 is 12.2 Å². The smallest absolute Gasteiger partial charge is 0.105 e. The summed E-state index contributed by atoms with van der Waals surface area (Å²) in [4.78, 5) is 2.57. The first kappa shape index (κ1) is 14.0. The lowest BCUT2D eigenvalue weighted by molar-refractivity contribution is 0.0150. The Bertz CT molecular complexity index is 503. The zero-order valence-electron chi connectivity index (χ0n) is 9.98. The second-order valence-electron chi connectivity index (χ2n) is 3.94. The zero-order chi connectivity index (χ0) is 13.5. The quantitative estimate of drug-likeness (QED) is 0.470. The summed E-state index contributed by atoms with van der Waals surface area (Å²) in [5, 5.41) is 31.8. The Balaban J connectivity index is 2.80. The van der Waals surface area contributed by atoms with Crippen LogP contribution >= 0.6 is 0 Å². The van der Waals surface area contributed by atoms with Crippen LogP contribution in [-0.4, -0.2) is 22.9 Å². The maximum Gasteiger partial charge on any atom is 0.105 e. The molecule has 0 aromatic heterocycles. The van der Waals surface area contributed by atoms with Crippen LogP contribution < -0.4 is 0 Å². The standard InChI is InChI=1S/C12H14N4O2/c1-8-2-3-9(6-10(8)7-13)12(18)11(17)4-5-15-16-14/h2-3,6,11-12,17-18H,4-5H2,1H3. The van der Waals surface area contributed by atoms with Crippen LogP contribution in [0.3, 0.4) is 0 Å². The highest BCUT2D eigenvalue weighted by Crippen LogP contribution is 2.21. The molecular formula is C12H14N4O2. The maximum atomic E-state index is 9.91. The summed E-state index contributed by atoms with van der Waals surface area (Å²) in [6, 6.07) is 6.96. The molecule has 0 aliphatic heterocycles. The Hall–Kier alpha value is -2.06. The summed E-state index contributed by atoms with van der Waals surface area (Å²) < 4.78 is 0. The average molecular weight is 246 g/mol. The number of nitrogens with zero attached hydrogens (tertiary/aromatic N) is 4. The molecular weight excluding hydrogens is 232 g/mol. The van der Waals surface area contributed by atoms with Gasteiger partial charge in [0.05, 0.1) is 17.7 Å². The molecule has 18 heavy (non-hydrogen) atoms. The van der Waals surface area contributed by atoms with Gasteiger partial charge in [0.25, 0.3) is 0 Å². The highest BCUT2D eigenvalue weighted by atomic mass is 16.3. The largest absolute Gasteiger partial charge is 0.390 e. The van der Waals surface area contributed by atoms with Crippen LogP contribution in [0.4, 0.5) is 0 Å². The van der Waals surface area contributed by atoms with Gasteiger partial charge in [-0.1, -0.05) is 17.2 Å². The van der Waals surface area contributed by atoms with Crippen LogP contribution in [0.25, 0.3) is 10.4 Å². The zero-order valence-corrected chi connectivity index (χ0v) is 9.98. The van der Waals surface area contributed by atoms with Gasteiger partial charge in [0.15, 0.2) is 0 Å². The molecule has 0 radical (unpaired) electrons. The third-order valence-electron chi connectivity index (χ3n) is 2.68. The van der Waals surface area contributed by atoms with Gasteiger partial charge in [0.2, 0.25) is 0 Å². The summed E-state index contributed by atoms with van der Waals surface area (Å²) >= 11 is 0. The van der Waals surface area contributed by atoms with Crippen molar-refractivity contribution in [1.82, 2.24) is 0 Å². The number of nitriles is 1. The van der Waals surface area contributed by atoms with Crippen LogP contribution in [0.5, 0.6) is 0 Å². The van der Waals surface area contributed by atoms with Gasteiger partial charge in [0.1, 0.15) is 6.10 Å². The van der Waals surface area contributed by atoms with E-state index in [1.807, 2.05) is 6.07 Å². The molecule has 0 heterocycles. The van der Waals surface area contributed by atoms with Crippen molar-refractivity contribution in [2.24, 2.45) is 5.11 Å². The lowest BCUT2D eigenvalue weighted by Crippen LogP contribution is -2.19. The van der Waals surface area contributed by atoms with E-state index in [0.29, 0.717) is 11.1 Å². The summed E-state index contributed by atoms with van der Waals surface area (Å²) in [5.41, 5.74) is 9.87. The average Bonchev–Trinajstić information content (AvgIpc) is 2.38. The van der Waals surface area contributed by atoms with Gasteiger partial charge in [-0.25, -0.2) is 0 Å². The lowest BCUT2D eigenvalue weighted by atomic mass is 9.98. The molecule has 6 heteroatoms. The molecule has 0 amide bonds. The molecule has 94 valence electrons. The highest BCUT2D eigenvalue weighted by Gasteiger charge is 2.18.